The van der Waals surface area contributed by atoms with E-state index in [2.05, 4.69) is 36.0 Å². The number of amides is 1. The molecule has 0 aliphatic carbocycles. The number of aromatic nitrogens is 1. The maximum atomic E-state index is 12.3. The number of hydrogen-bond donors (Lipinski definition) is 1. The molecule has 2 rings (SSSR count). The molecule has 124 valence electrons. The third kappa shape index (κ3) is 5.24. The highest BCUT2D eigenvalue weighted by atomic mass is 16.1. The minimum atomic E-state index is -0.171. The Morgan fingerprint density at radius 1 is 1.08 bits per heavy atom. The molecule has 1 heterocycles. The van der Waals surface area contributed by atoms with Crippen molar-refractivity contribution in [3.05, 3.63) is 59.4 Å². The molecular formula is C21H24N2O. The molecule has 0 bridgehead atoms. The SMILES string of the molecule is CC(C)c1ccc(NC(=O)c2ccc(C#CC(C)(C)C)nc2)cc1. The van der Waals surface area contributed by atoms with Crippen molar-refractivity contribution >= 4 is 11.6 Å². The van der Waals surface area contributed by atoms with Crippen molar-refractivity contribution in [1.29, 1.82) is 0 Å². The second kappa shape index (κ2) is 7.31. The number of pyridine rings is 1. The Bertz CT molecular complexity index is 755. The molecule has 0 saturated heterocycles. The fourth-order valence-electron chi connectivity index (χ4n) is 2.01. The van der Waals surface area contributed by atoms with Crippen LogP contribution in [0.5, 0.6) is 0 Å². The van der Waals surface area contributed by atoms with Crippen LogP contribution in [-0.4, -0.2) is 10.9 Å². The van der Waals surface area contributed by atoms with Crippen LogP contribution in [0.15, 0.2) is 42.6 Å². The summed E-state index contributed by atoms with van der Waals surface area (Å²) in [5.41, 5.74) is 3.14. The molecule has 2 aromatic rings. The second-order valence-corrected chi connectivity index (χ2v) is 7.16. The molecule has 1 aromatic carbocycles. The Kier molecular flexibility index (Phi) is 5.41. The van der Waals surface area contributed by atoms with Gasteiger partial charge in [-0.1, -0.05) is 31.9 Å². The molecule has 0 radical (unpaired) electrons. The lowest BCUT2D eigenvalue weighted by atomic mass is 9.98. The van der Waals surface area contributed by atoms with Crippen LogP contribution in [0.4, 0.5) is 5.69 Å². The average Bonchev–Trinajstić information content (AvgIpc) is 2.53. The highest BCUT2D eigenvalue weighted by Crippen LogP contribution is 2.17. The largest absolute Gasteiger partial charge is 0.322 e. The van der Waals surface area contributed by atoms with Crippen molar-refractivity contribution in [2.24, 2.45) is 5.41 Å². The topological polar surface area (TPSA) is 42.0 Å². The van der Waals surface area contributed by atoms with Gasteiger partial charge in [-0.3, -0.25) is 4.79 Å². The first-order valence-corrected chi connectivity index (χ1v) is 8.15. The Morgan fingerprint density at radius 3 is 2.25 bits per heavy atom. The summed E-state index contributed by atoms with van der Waals surface area (Å²) in [5.74, 6) is 6.45. The normalized spacial score (nSPS) is 10.9. The first kappa shape index (κ1) is 17.7. The van der Waals surface area contributed by atoms with Gasteiger partial charge in [0.2, 0.25) is 0 Å². The number of carbonyl (C=O) groups excluding carboxylic acids is 1. The van der Waals surface area contributed by atoms with Gasteiger partial charge in [-0.25, -0.2) is 4.98 Å². The first-order valence-electron chi connectivity index (χ1n) is 8.15. The lowest BCUT2D eigenvalue weighted by Gasteiger charge is -2.08. The van der Waals surface area contributed by atoms with Crippen molar-refractivity contribution in [3.8, 4) is 11.8 Å². The third-order valence-electron chi connectivity index (χ3n) is 3.43. The molecule has 1 amide bonds. The molecule has 3 nitrogen and oxygen atoms in total. The summed E-state index contributed by atoms with van der Waals surface area (Å²) >= 11 is 0. The van der Waals surface area contributed by atoms with Crippen molar-refractivity contribution in [2.75, 3.05) is 5.32 Å². The predicted molar refractivity (Wildman–Crippen MR) is 99.1 cm³/mol. The zero-order valence-electron chi connectivity index (χ0n) is 15.0. The average molecular weight is 320 g/mol. The van der Waals surface area contributed by atoms with Crippen molar-refractivity contribution in [2.45, 2.75) is 40.5 Å². The molecule has 0 atom stereocenters. The lowest BCUT2D eigenvalue weighted by Crippen LogP contribution is -2.12. The summed E-state index contributed by atoms with van der Waals surface area (Å²) in [6, 6.07) is 11.4. The molecular weight excluding hydrogens is 296 g/mol. The van der Waals surface area contributed by atoms with Gasteiger partial charge in [0, 0.05) is 17.3 Å². The van der Waals surface area contributed by atoms with Gasteiger partial charge in [0.1, 0.15) is 5.69 Å². The standard InChI is InChI=1S/C21H24N2O/c1-15(2)16-6-10-19(11-7-16)23-20(24)17-8-9-18(22-14-17)12-13-21(3,4)5/h6-11,14-15H,1-5H3,(H,23,24). The van der Waals surface area contributed by atoms with Gasteiger partial charge < -0.3 is 5.32 Å². The summed E-state index contributed by atoms with van der Waals surface area (Å²) in [6.07, 6.45) is 1.56. The Hall–Kier alpha value is -2.60. The summed E-state index contributed by atoms with van der Waals surface area (Å²) < 4.78 is 0. The lowest BCUT2D eigenvalue weighted by molar-refractivity contribution is 0.102. The van der Waals surface area contributed by atoms with Crippen LogP contribution in [0, 0.1) is 17.3 Å². The monoisotopic (exact) mass is 320 g/mol. The van der Waals surface area contributed by atoms with E-state index < -0.39 is 0 Å². The Balaban J connectivity index is 2.05. The van der Waals surface area contributed by atoms with E-state index in [1.165, 1.54) is 5.56 Å². The molecule has 0 saturated carbocycles. The number of rotatable bonds is 3. The number of anilines is 1. The maximum absolute atomic E-state index is 12.3. The highest BCUT2D eigenvalue weighted by molar-refractivity contribution is 6.04. The number of nitrogens with zero attached hydrogens (tertiary/aromatic N) is 1. The molecule has 0 spiro atoms. The second-order valence-electron chi connectivity index (χ2n) is 7.16. The highest BCUT2D eigenvalue weighted by Gasteiger charge is 2.08. The van der Waals surface area contributed by atoms with Gasteiger partial charge in [-0.15, -0.1) is 0 Å². The van der Waals surface area contributed by atoms with E-state index in [1.54, 1.807) is 18.3 Å². The van der Waals surface area contributed by atoms with Crippen LogP contribution in [-0.2, 0) is 0 Å². The molecule has 0 aliphatic rings. The van der Waals surface area contributed by atoms with E-state index in [0.29, 0.717) is 17.2 Å². The van der Waals surface area contributed by atoms with Gasteiger partial charge in [-0.2, -0.15) is 0 Å². The van der Waals surface area contributed by atoms with E-state index in [4.69, 9.17) is 0 Å². The number of nitrogens with one attached hydrogen (secondary N) is 1. The Labute approximate surface area is 144 Å². The molecule has 0 aliphatic heterocycles. The summed E-state index contributed by atoms with van der Waals surface area (Å²) in [6.45, 7) is 10.4. The molecule has 1 N–H and O–H groups in total. The Morgan fingerprint density at radius 2 is 1.75 bits per heavy atom. The van der Waals surface area contributed by atoms with E-state index in [1.807, 2.05) is 45.0 Å². The zero-order valence-corrected chi connectivity index (χ0v) is 15.0. The molecule has 1 aromatic heterocycles. The molecule has 0 fully saturated rings. The van der Waals surface area contributed by atoms with Crippen LogP contribution in [0.1, 0.15) is 62.2 Å². The van der Waals surface area contributed by atoms with Gasteiger partial charge in [-0.05, 0) is 62.4 Å². The van der Waals surface area contributed by atoms with Crippen LogP contribution < -0.4 is 5.32 Å². The van der Waals surface area contributed by atoms with Crippen LogP contribution in [0.3, 0.4) is 0 Å². The number of hydrogen-bond acceptors (Lipinski definition) is 2. The van der Waals surface area contributed by atoms with Crippen molar-refractivity contribution in [1.82, 2.24) is 4.98 Å². The number of carbonyl (C=O) groups is 1. The summed E-state index contributed by atoms with van der Waals surface area (Å²) in [7, 11) is 0. The maximum Gasteiger partial charge on any atom is 0.257 e. The minimum absolute atomic E-state index is 0.0696. The molecule has 3 heteroatoms. The quantitative estimate of drug-likeness (QED) is 0.821. The van der Waals surface area contributed by atoms with Gasteiger partial charge in [0.05, 0.1) is 5.56 Å². The van der Waals surface area contributed by atoms with Gasteiger partial charge in [0.25, 0.3) is 5.91 Å². The smallest absolute Gasteiger partial charge is 0.257 e. The first-order chi connectivity index (χ1) is 11.2. The van der Waals surface area contributed by atoms with Gasteiger partial charge in [0.15, 0.2) is 0 Å². The minimum Gasteiger partial charge on any atom is -0.322 e. The third-order valence-corrected chi connectivity index (χ3v) is 3.43. The van der Waals surface area contributed by atoms with Crippen LogP contribution in [0.2, 0.25) is 0 Å². The predicted octanol–water partition coefficient (Wildman–Crippen LogP) is 4.85. The van der Waals surface area contributed by atoms with Crippen molar-refractivity contribution < 1.29 is 4.79 Å². The molecule has 24 heavy (non-hydrogen) atoms. The van der Waals surface area contributed by atoms with E-state index in [0.717, 1.165) is 5.69 Å². The number of benzene rings is 1. The summed E-state index contributed by atoms with van der Waals surface area (Å²) in [4.78, 5) is 16.5. The van der Waals surface area contributed by atoms with Crippen LogP contribution in [0.25, 0.3) is 0 Å². The van der Waals surface area contributed by atoms with Gasteiger partial charge >= 0.3 is 0 Å². The molecule has 0 unspecified atom stereocenters. The van der Waals surface area contributed by atoms with E-state index in [9.17, 15) is 4.79 Å². The van der Waals surface area contributed by atoms with E-state index in [-0.39, 0.29) is 11.3 Å². The van der Waals surface area contributed by atoms with E-state index >= 15 is 0 Å². The van der Waals surface area contributed by atoms with Crippen molar-refractivity contribution in [3.63, 3.8) is 0 Å². The summed E-state index contributed by atoms with van der Waals surface area (Å²) in [5, 5.41) is 2.89. The zero-order chi connectivity index (χ0) is 17.7. The fraction of sp³-hybridized carbons (Fsp3) is 0.333. The fourth-order valence-corrected chi connectivity index (χ4v) is 2.01. The van der Waals surface area contributed by atoms with Crippen LogP contribution >= 0.6 is 0 Å².